The molecule has 0 amide bonds. The van der Waals surface area contributed by atoms with Gasteiger partial charge >= 0.3 is 0 Å². The van der Waals surface area contributed by atoms with Crippen LogP contribution in [0.15, 0.2) is 11.6 Å². The van der Waals surface area contributed by atoms with Crippen molar-refractivity contribution >= 4 is 10.2 Å². The molecule has 0 nitrogen and oxygen atoms in total. The molecule has 3 atom stereocenters. The van der Waals surface area contributed by atoms with Crippen LogP contribution >= 0.6 is 0 Å². The van der Waals surface area contributed by atoms with Crippen molar-refractivity contribution in [2.75, 3.05) is 0 Å². The van der Waals surface area contributed by atoms with E-state index >= 15 is 0 Å². The van der Waals surface area contributed by atoms with Crippen LogP contribution in [0, 0.1) is 11.8 Å². The molecule has 10 heavy (non-hydrogen) atoms. The van der Waals surface area contributed by atoms with Gasteiger partial charge in [0.05, 0.1) is 0 Å². The van der Waals surface area contributed by atoms with E-state index in [4.69, 9.17) is 0 Å². The monoisotopic (exact) mass is 149 g/mol. The molecule has 0 aliphatic heterocycles. The largest absolute Gasteiger partial charge is 0.0882 e. The van der Waals surface area contributed by atoms with Crippen LogP contribution in [0.3, 0.4) is 0 Å². The number of hydrogen-bond donors (Lipinski definition) is 0. The maximum atomic E-state index is 3.77. The van der Waals surface area contributed by atoms with Gasteiger partial charge in [-0.05, 0) is 43.6 Å². The first kappa shape index (κ1) is 6.65. The van der Waals surface area contributed by atoms with Gasteiger partial charge in [-0.25, -0.2) is 0 Å². The molecule has 2 fully saturated rings. The van der Waals surface area contributed by atoms with Crippen LogP contribution < -0.4 is 0 Å². The Morgan fingerprint density at radius 1 is 1.50 bits per heavy atom. The summed E-state index contributed by atoms with van der Waals surface area (Å²) in [6, 6.07) is 0. The minimum atomic E-state index is 0.827. The van der Waals surface area contributed by atoms with Crippen molar-refractivity contribution in [3.8, 4) is 0 Å². The first-order valence-electron chi connectivity index (χ1n) is 4.17. The zero-order valence-electron chi connectivity index (χ0n) is 6.43. The Hall–Kier alpha value is -0.0431. The van der Waals surface area contributed by atoms with Gasteiger partial charge in [0.1, 0.15) is 0 Å². The Balaban J connectivity index is 2.16. The fourth-order valence-electron chi connectivity index (χ4n) is 2.48. The van der Waals surface area contributed by atoms with Crippen molar-refractivity contribution in [3.63, 3.8) is 0 Å². The first-order chi connectivity index (χ1) is 4.81. The van der Waals surface area contributed by atoms with Gasteiger partial charge < -0.3 is 0 Å². The number of fused-ring (bicyclic) bond motifs is 2. The number of hydrogen-bond acceptors (Lipinski definition) is 0. The summed E-state index contributed by atoms with van der Waals surface area (Å²) in [5, 5.41) is 0. The average Bonchev–Trinajstić information content (AvgIpc) is 2.44. The maximum absolute atomic E-state index is 3.77. The lowest BCUT2D eigenvalue weighted by atomic mass is 9.94. The van der Waals surface area contributed by atoms with E-state index in [0.717, 1.165) is 17.4 Å². The standard InChI is InChI=1S/C9H13Si/c1-2-6-3-8-4-7(6)5-9(8)10/h2,7-9H,3-5H2,1H3/b6-2+. The lowest BCUT2D eigenvalue weighted by Crippen LogP contribution is -2.05. The van der Waals surface area contributed by atoms with Crippen LogP contribution in [0.5, 0.6) is 0 Å². The van der Waals surface area contributed by atoms with Gasteiger partial charge in [0.2, 0.25) is 0 Å². The highest BCUT2D eigenvalue weighted by atomic mass is 28.1. The van der Waals surface area contributed by atoms with E-state index in [1.165, 1.54) is 19.3 Å². The molecule has 0 aromatic carbocycles. The summed E-state index contributed by atoms with van der Waals surface area (Å²) in [4.78, 5) is 0. The molecule has 3 radical (unpaired) electrons. The van der Waals surface area contributed by atoms with Gasteiger partial charge in [0.25, 0.3) is 0 Å². The number of rotatable bonds is 0. The third kappa shape index (κ3) is 0.799. The van der Waals surface area contributed by atoms with Crippen molar-refractivity contribution in [1.29, 1.82) is 0 Å². The van der Waals surface area contributed by atoms with Crippen LogP contribution in [0.1, 0.15) is 26.2 Å². The van der Waals surface area contributed by atoms with E-state index < -0.39 is 0 Å². The second kappa shape index (κ2) is 2.23. The SMILES string of the molecule is C/C=C1\CC2CC1CC2[Si]. The predicted molar refractivity (Wildman–Crippen MR) is 44.1 cm³/mol. The normalized spacial score (nSPS) is 49.0. The summed E-state index contributed by atoms with van der Waals surface area (Å²) in [7, 11) is 3.77. The molecule has 0 N–H and O–H groups in total. The summed E-state index contributed by atoms with van der Waals surface area (Å²) < 4.78 is 0. The number of allylic oxidation sites excluding steroid dienone is 2. The molecule has 0 spiro atoms. The predicted octanol–water partition coefficient (Wildman–Crippen LogP) is 2.32. The quantitative estimate of drug-likeness (QED) is 0.366. The first-order valence-corrected chi connectivity index (χ1v) is 4.75. The molecule has 0 heterocycles. The highest BCUT2D eigenvalue weighted by Crippen LogP contribution is 2.52. The second-order valence-electron chi connectivity index (χ2n) is 3.60. The highest BCUT2D eigenvalue weighted by molar-refractivity contribution is 6.12. The van der Waals surface area contributed by atoms with Gasteiger partial charge in [-0.2, -0.15) is 0 Å². The smallest absolute Gasteiger partial charge is 0.0270 e. The summed E-state index contributed by atoms with van der Waals surface area (Å²) in [5.41, 5.74) is 2.55. The van der Waals surface area contributed by atoms with Crippen molar-refractivity contribution in [3.05, 3.63) is 11.6 Å². The third-order valence-electron chi connectivity index (χ3n) is 3.09. The summed E-state index contributed by atoms with van der Waals surface area (Å²) >= 11 is 0. The zero-order chi connectivity index (χ0) is 7.14. The van der Waals surface area contributed by atoms with Crippen LogP contribution in [0.25, 0.3) is 0 Å². The van der Waals surface area contributed by atoms with E-state index in [2.05, 4.69) is 23.2 Å². The topological polar surface area (TPSA) is 0 Å². The van der Waals surface area contributed by atoms with Crippen LogP contribution in [-0.2, 0) is 0 Å². The van der Waals surface area contributed by atoms with Gasteiger partial charge in [-0.3, -0.25) is 0 Å². The molecule has 2 bridgehead atoms. The van der Waals surface area contributed by atoms with Crippen LogP contribution in [-0.4, -0.2) is 10.2 Å². The molecule has 0 saturated heterocycles. The fraction of sp³-hybridized carbons (Fsp3) is 0.778. The minimum absolute atomic E-state index is 0.827. The molecule has 2 rings (SSSR count). The lowest BCUT2D eigenvalue weighted by molar-refractivity contribution is 0.560. The van der Waals surface area contributed by atoms with E-state index in [1.54, 1.807) is 5.57 Å². The molecule has 2 aliphatic carbocycles. The van der Waals surface area contributed by atoms with E-state index in [9.17, 15) is 0 Å². The Morgan fingerprint density at radius 2 is 2.30 bits per heavy atom. The molecule has 2 aliphatic rings. The van der Waals surface area contributed by atoms with Gasteiger partial charge in [0.15, 0.2) is 0 Å². The second-order valence-corrected chi connectivity index (χ2v) is 4.34. The van der Waals surface area contributed by atoms with E-state index in [0.29, 0.717) is 0 Å². The molecule has 0 aromatic rings. The fourth-order valence-corrected chi connectivity index (χ4v) is 3.01. The van der Waals surface area contributed by atoms with E-state index in [1.807, 2.05) is 0 Å². The van der Waals surface area contributed by atoms with Crippen molar-refractivity contribution in [2.45, 2.75) is 31.7 Å². The molecule has 2 saturated carbocycles. The van der Waals surface area contributed by atoms with Crippen molar-refractivity contribution in [2.24, 2.45) is 11.8 Å². The van der Waals surface area contributed by atoms with Crippen molar-refractivity contribution < 1.29 is 0 Å². The lowest BCUT2D eigenvalue weighted by Gasteiger charge is -2.18. The van der Waals surface area contributed by atoms with Crippen LogP contribution in [0.4, 0.5) is 0 Å². The average molecular weight is 149 g/mol. The van der Waals surface area contributed by atoms with Gasteiger partial charge in [-0.15, -0.1) is 0 Å². The van der Waals surface area contributed by atoms with Gasteiger partial charge in [0, 0.05) is 10.2 Å². The molecular formula is C9H13Si. The highest BCUT2D eigenvalue weighted by Gasteiger charge is 2.39. The molecule has 0 aromatic heterocycles. The molecule has 3 unspecified atom stereocenters. The molecular weight excluding hydrogens is 136 g/mol. The van der Waals surface area contributed by atoms with Gasteiger partial charge in [-0.1, -0.05) is 11.6 Å². The summed E-state index contributed by atoms with van der Waals surface area (Å²) in [5.74, 6) is 1.91. The van der Waals surface area contributed by atoms with Crippen molar-refractivity contribution in [1.82, 2.24) is 0 Å². The Bertz CT molecular complexity index is 170. The maximum Gasteiger partial charge on any atom is 0.0270 e. The summed E-state index contributed by atoms with van der Waals surface area (Å²) in [6.07, 6.45) is 6.53. The molecule has 1 heteroatoms. The third-order valence-corrected chi connectivity index (χ3v) is 3.79. The van der Waals surface area contributed by atoms with E-state index in [-0.39, 0.29) is 0 Å². The molecule has 53 valence electrons. The minimum Gasteiger partial charge on any atom is -0.0882 e. The summed E-state index contributed by atoms with van der Waals surface area (Å²) in [6.45, 7) is 2.18. The van der Waals surface area contributed by atoms with Crippen LogP contribution in [0.2, 0.25) is 5.54 Å². The Morgan fingerprint density at radius 3 is 2.70 bits per heavy atom. The Labute approximate surface area is 66.1 Å². The Kier molecular flexibility index (Phi) is 1.48. The zero-order valence-corrected chi connectivity index (χ0v) is 7.43.